The maximum Gasteiger partial charge on any atom is 0.228 e. The van der Waals surface area contributed by atoms with Gasteiger partial charge >= 0.3 is 0 Å². The van der Waals surface area contributed by atoms with E-state index in [0.717, 1.165) is 39.7 Å². The van der Waals surface area contributed by atoms with Gasteiger partial charge in [0.25, 0.3) is 0 Å². The van der Waals surface area contributed by atoms with E-state index in [2.05, 4.69) is 10.3 Å². The number of hydrogen-bond donors (Lipinski definition) is 1. The molecule has 4 rings (SSSR count). The number of nitrogens with one attached hydrogen (secondary N) is 1. The molecule has 1 amide bonds. The van der Waals surface area contributed by atoms with Crippen molar-refractivity contribution >= 4 is 28.8 Å². The number of carbonyl (C=O) groups is 2. The number of rotatable bonds is 3. The Hall–Kier alpha value is -2.95. The lowest BCUT2D eigenvalue weighted by atomic mass is 9.99. The summed E-state index contributed by atoms with van der Waals surface area (Å²) in [6, 6.07) is 9.56. The van der Waals surface area contributed by atoms with E-state index in [-0.39, 0.29) is 12.5 Å². The van der Waals surface area contributed by atoms with E-state index in [4.69, 9.17) is 0 Å². The summed E-state index contributed by atoms with van der Waals surface area (Å²) in [4.78, 5) is 27.3. The molecule has 0 atom stereocenters. The van der Waals surface area contributed by atoms with Gasteiger partial charge in [-0.05, 0) is 29.8 Å². The molecule has 1 aliphatic heterocycles. The largest absolute Gasteiger partial charge is 0.333 e. The van der Waals surface area contributed by atoms with E-state index in [1.807, 2.05) is 34.9 Å². The summed E-state index contributed by atoms with van der Waals surface area (Å²) in [5.74, 6) is -0.0333. The number of aromatic nitrogens is 2. The quantitative estimate of drug-likeness (QED) is 0.754. The molecule has 0 saturated heterocycles. The second kappa shape index (κ2) is 4.80. The minimum atomic E-state index is -0.0333. The van der Waals surface area contributed by atoms with Gasteiger partial charge in [-0.25, -0.2) is 0 Å². The first-order valence-corrected chi connectivity index (χ1v) is 7.07. The zero-order valence-electron chi connectivity index (χ0n) is 11.7. The lowest BCUT2D eigenvalue weighted by Gasteiger charge is -2.14. The Morgan fingerprint density at radius 2 is 2.18 bits per heavy atom. The van der Waals surface area contributed by atoms with Crippen molar-refractivity contribution in [2.24, 2.45) is 0 Å². The molecule has 1 aliphatic rings. The summed E-state index contributed by atoms with van der Waals surface area (Å²) in [6.45, 7) is 0.248. The van der Waals surface area contributed by atoms with Crippen LogP contribution in [0.5, 0.6) is 0 Å². The van der Waals surface area contributed by atoms with Crippen LogP contribution < -0.4 is 5.32 Å². The highest BCUT2D eigenvalue weighted by atomic mass is 16.1. The predicted octanol–water partition coefficient (Wildman–Crippen LogP) is 2.40. The number of amides is 1. The van der Waals surface area contributed by atoms with E-state index in [1.165, 1.54) is 0 Å². The van der Waals surface area contributed by atoms with Gasteiger partial charge in [0.05, 0.1) is 29.9 Å². The number of nitrogens with zero attached hydrogens (tertiary/aromatic N) is 2. The van der Waals surface area contributed by atoms with Crippen LogP contribution in [0.1, 0.15) is 5.56 Å². The molecule has 0 aliphatic carbocycles. The minimum Gasteiger partial charge on any atom is -0.333 e. The zero-order valence-corrected chi connectivity index (χ0v) is 11.7. The Morgan fingerprint density at radius 1 is 1.27 bits per heavy atom. The van der Waals surface area contributed by atoms with E-state index in [1.54, 1.807) is 12.4 Å². The normalized spacial score (nSPS) is 13.2. The minimum absolute atomic E-state index is 0.0333. The van der Waals surface area contributed by atoms with Crippen LogP contribution in [0, 0.1) is 0 Å². The van der Waals surface area contributed by atoms with Gasteiger partial charge in [0.2, 0.25) is 5.91 Å². The summed E-state index contributed by atoms with van der Waals surface area (Å²) in [5.41, 5.74) is 4.54. The standard InChI is InChI=1S/C17H13N3O2/c21-8-7-20-14-5-1-4-13-16(14)12(9-15(22)19-13)17(20)11-3-2-6-18-10-11/h1-6,8,10H,7,9H2,(H,19,22). The number of pyridine rings is 1. The number of hydrogen-bond acceptors (Lipinski definition) is 3. The van der Waals surface area contributed by atoms with Crippen molar-refractivity contribution in [1.29, 1.82) is 0 Å². The van der Waals surface area contributed by atoms with Crippen molar-refractivity contribution in [3.05, 3.63) is 48.3 Å². The molecule has 3 heterocycles. The van der Waals surface area contributed by atoms with E-state index >= 15 is 0 Å². The Balaban J connectivity index is 2.13. The Labute approximate surface area is 126 Å². The van der Waals surface area contributed by atoms with Crippen LogP contribution in [0.2, 0.25) is 0 Å². The molecule has 0 bridgehead atoms. The SMILES string of the molecule is O=CCn1c(-c2cccnc2)c2c3c(cccc31)NC(=O)C2. The number of aldehydes is 1. The van der Waals surface area contributed by atoms with Crippen molar-refractivity contribution in [1.82, 2.24) is 9.55 Å². The lowest BCUT2D eigenvalue weighted by molar-refractivity contribution is -0.115. The topological polar surface area (TPSA) is 64.0 Å². The molecule has 22 heavy (non-hydrogen) atoms. The van der Waals surface area contributed by atoms with Gasteiger partial charge in [0.15, 0.2) is 0 Å². The number of benzene rings is 1. The van der Waals surface area contributed by atoms with E-state index in [9.17, 15) is 9.59 Å². The first-order valence-electron chi connectivity index (χ1n) is 7.07. The van der Waals surface area contributed by atoms with Gasteiger partial charge in [-0.3, -0.25) is 9.78 Å². The Morgan fingerprint density at radius 3 is 2.95 bits per heavy atom. The third kappa shape index (κ3) is 1.75. The molecule has 5 nitrogen and oxygen atoms in total. The third-order valence-electron chi connectivity index (χ3n) is 3.99. The van der Waals surface area contributed by atoms with Crippen molar-refractivity contribution in [2.45, 2.75) is 13.0 Å². The highest BCUT2D eigenvalue weighted by molar-refractivity contribution is 6.11. The Bertz CT molecular complexity index is 897. The fourth-order valence-corrected chi connectivity index (χ4v) is 3.21. The van der Waals surface area contributed by atoms with Gasteiger partial charge in [0.1, 0.15) is 6.29 Å². The van der Waals surface area contributed by atoms with Gasteiger partial charge in [-0.2, -0.15) is 0 Å². The molecule has 5 heteroatoms. The van der Waals surface area contributed by atoms with Crippen molar-refractivity contribution < 1.29 is 9.59 Å². The average molecular weight is 291 g/mol. The van der Waals surface area contributed by atoms with Gasteiger partial charge in [-0.15, -0.1) is 0 Å². The first kappa shape index (κ1) is 12.8. The van der Waals surface area contributed by atoms with Crippen molar-refractivity contribution in [3.63, 3.8) is 0 Å². The third-order valence-corrected chi connectivity index (χ3v) is 3.99. The van der Waals surface area contributed by atoms with Gasteiger partial charge in [-0.1, -0.05) is 6.07 Å². The maximum absolute atomic E-state index is 12.0. The van der Waals surface area contributed by atoms with Crippen LogP contribution in [0.25, 0.3) is 22.2 Å². The van der Waals surface area contributed by atoms with Crippen molar-refractivity contribution in [3.8, 4) is 11.3 Å². The molecule has 0 radical (unpaired) electrons. The summed E-state index contributed by atoms with van der Waals surface area (Å²) in [7, 11) is 0. The summed E-state index contributed by atoms with van der Waals surface area (Å²) in [5, 5.41) is 3.92. The Kier molecular flexibility index (Phi) is 2.79. The fraction of sp³-hybridized carbons (Fsp3) is 0.118. The zero-order chi connectivity index (χ0) is 15.1. The molecular weight excluding hydrogens is 278 g/mol. The smallest absolute Gasteiger partial charge is 0.228 e. The highest BCUT2D eigenvalue weighted by Crippen LogP contribution is 2.39. The molecule has 2 aromatic heterocycles. The summed E-state index contributed by atoms with van der Waals surface area (Å²) in [6.07, 6.45) is 4.66. The van der Waals surface area contributed by atoms with Crippen LogP contribution in [0.15, 0.2) is 42.7 Å². The molecule has 3 aromatic rings. The van der Waals surface area contributed by atoms with Crippen LogP contribution in [-0.4, -0.2) is 21.7 Å². The molecular formula is C17H13N3O2. The fourth-order valence-electron chi connectivity index (χ4n) is 3.21. The van der Waals surface area contributed by atoms with Gasteiger partial charge in [0, 0.05) is 23.3 Å². The monoisotopic (exact) mass is 291 g/mol. The van der Waals surface area contributed by atoms with Crippen LogP contribution >= 0.6 is 0 Å². The first-order chi connectivity index (χ1) is 10.8. The molecule has 0 spiro atoms. The molecule has 108 valence electrons. The molecule has 0 unspecified atom stereocenters. The molecule has 0 fully saturated rings. The van der Waals surface area contributed by atoms with E-state index in [0.29, 0.717) is 6.42 Å². The molecule has 0 saturated carbocycles. The lowest BCUT2D eigenvalue weighted by Crippen LogP contribution is -2.18. The van der Waals surface area contributed by atoms with E-state index < -0.39 is 0 Å². The second-order valence-electron chi connectivity index (χ2n) is 5.27. The highest BCUT2D eigenvalue weighted by Gasteiger charge is 2.26. The summed E-state index contributed by atoms with van der Waals surface area (Å²) < 4.78 is 1.96. The van der Waals surface area contributed by atoms with Crippen molar-refractivity contribution in [2.75, 3.05) is 5.32 Å². The molecule has 1 N–H and O–H groups in total. The average Bonchev–Trinajstić information content (AvgIpc) is 2.84. The number of anilines is 1. The predicted molar refractivity (Wildman–Crippen MR) is 83.6 cm³/mol. The maximum atomic E-state index is 12.0. The summed E-state index contributed by atoms with van der Waals surface area (Å²) >= 11 is 0. The second-order valence-corrected chi connectivity index (χ2v) is 5.27. The number of carbonyl (C=O) groups excluding carboxylic acids is 2. The molecule has 1 aromatic carbocycles. The van der Waals surface area contributed by atoms with Crippen LogP contribution in [0.3, 0.4) is 0 Å². The van der Waals surface area contributed by atoms with Crippen LogP contribution in [0.4, 0.5) is 5.69 Å². The van der Waals surface area contributed by atoms with Gasteiger partial charge < -0.3 is 14.7 Å². The van der Waals surface area contributed by atoms with Crippen LogP contribution in [-0.2, 0) is 22.6 Å².